The van der Waals surface area contributed by atoms with Crippen LogP contribution in [0.25, 0.3) is 22.3 Å². The Morgan fingerprint density at radius 1 is 1.12 bits per heavy atom. The standard InChI is InChI=1S/C18H20ClN5/c19-18-23-15-10-14(13-4-2-1-3-5-13)22-16(15)17(24-18)21-11-12-6-8-20-9-7-12/h1-5,10,12,20,22H,6-9,11H2,(H,21,23,24). The number of H-pyrrole nitrogens is 1. The highest BCUT2D eigenvalue weighted by Crippen LogP contribution is 2.28. The number of rotatable bonds is 4. The molecule has 0 saturated carbocycles. The summed E-state index contributed by atoms with van der Waals surface area (Å²) in [5.41, 5.74) is 3.89. The van der Waals surface area contributed by atoms with Crippen LogP contribution in [-0.2, 0) is 0 Å². The van der Waals surface area contributed by atoms with Crippen LogP contribution in [0.3, 0.4) is 0 Å². The molecule has 124 valence electrons. The number of hydrogen-bond acceptors (Lipinski definition) is 4. The van der Waals surface area contributed by atoms with E-state index < -0.39 is 0 Å². The van der Waals surface area contributed by atoms with Crippen molar-refractivity contribution < 1.29 is 0 Å². The second-order valence-electron chi connectivity index (χ2n) is 6.22. The van der Waals surface area contributed by atoms with E-state index in [9.17, 15) is 0 Å². The van der Waals surface area contributed by atoms with Crippen LogP contribution in [0.5, 0.6) is 0 Å². The number of nitrogens with zero attached hydrogens (tertiary/aromatic N) is 2. The number of hydrogen-bond donors (Lipinski definition) is 3. The van der Waals surface area contributed by atoms with Crippen LogP contribution in [0.1, 0.15) is 12.8 Å². The van der Waals surface area contributed by atoms with E-state index in [2.05, 4.69) is 37.7 Å². The number of aromatic amines is 1. The van der Waals surface area contributed by atoms with Crippen LogP contribution in [0.15, 0.2) is 36.4 Å². The highest BCUT2D eigenvalue weighted by molar-refractivity contribution is 6.28. The number of anilines is 1. The second-order valence-corrected chi connectivity index (χ2v) is 6.56. The number of nitrogens with one attached hydrogen (secondary N) is 3. The number of fused-ring (bicyclic) bond motifs is 1. The lowest BCUT2D eigenvalue weighted by atomic mass is 9.98. The van der Waals surface area contributed by atoms with Crippen molar-refractivity contribution in [3.05, 3.63) is 41.7 Å². The summed E-state index contributed by atoms with van der Waals surface area (Å²) in [5, 5.41) is 7.13. The van der Waals surface area contributed by atoms with E-state index in [1.165, 1.54) is 12.8 Å². The minimum absolute atomic E-state index is 0.272. The van der Waals surface area contributed by atoms with E-state index in [-0.39, 0.29) is 5.28 Å². The molecule has 0 amide bonds. The van der Waals surface area contributed by atoms with Crippen molar-refractivity contribution in [2.75, 3.05) is 25.0 Å². The van der Waals surface area contributed by atoms with Crippen LogP contribution in [0.4, 0.5) is 5.82 Å². The SMILES string of the molecule is Clc1nc(NCC2CCNCC2)c2[nH]c(-c3ccccc3)cc2n1. The zero-order valence-electron chi connectivity index (χ0n) is 13.3. The summed E-state index contributed by atoms with van der Waals surface area (Å²) < 4.78 is 0. The van der Waals surface area contributed by atoms with E-state index in [1.807, 2.05) is 24.3 Å². The first-order chi connectivity index (χ1) is 11.8. The number of halogens is 1. The topological polar surface area (TPSA) is 65.6 Å². The Balaban J connectivity index is 1.63. The van der Waals surface area contributed by atoms with Crippen LogP contribution in [0, 0.1) is 5.92 Å². The lowest BCUT2D eigenvalue weighted by Gasteiger charge is -2.23. The van der Waals surface area contributed by atoms with Crippen LogP contribution >= 0.6 is 11.6 Å². The molecule has 0 aliphatic carbocycles. The van der Waals surface area contributed by atoms with E-state index in [0.29, 0.717) is 5.92 Å². The molecule has 2 aromatic heterocycles. The molecule has 1 saturated heterocycles. The molecule has 4 rings (SSSR count). The van der Waals surface area contributed by atoms with Gasteiger partial charge in [-0.2, -0.15) is 4.98 Å². The molecule has 1 aliphatic rings. The van der Waals surface area contributed by atoms with Crippen molar-refractivity contribution in [3.8, 4) is 11.3 Å². The van der Waals surface area contributed by atoms with Gasteiger partial charge in [0.2, 0.25) is 5.28 Å². The Labute approximate surface area is 145 Å². The normalized spacial score (nSPS) is 15.7. The Morgan fingerprint density at radius 3 is 2.71 bits per heavy atom. The molecule has 5 nitrogen and oxygen atoms in total. The molecular weight excluding hydrogens is 322 g/mol. The molecule has 0 bridgehead atoms. The van der Waals surface area contributed by atoms with Gasteiger partial charge in [0.15, 0.2) is 5.82 Å². The van der Waals surface area contributed by atoms with E-state index in [0.717, 1.165) is 47.7 Å². The molecule has 3 aromatic rings. The molecule has 1 fully saturated rings. The van der Waals surface area contributed by atoms with Gasteiger partial charge in [-0.3, -0.25) is 0 Å². The van der Waals surface area contributed by atoms with Gasteiger partial charge in [-0.15, -0.1) is 0 Å². The van der Waals surface area contributed by atoms with Gasteiger partial charge >= 0.3 is 0 Å². The van der Waals surface area contributed by atoms with Crippen LogP contribution < -0.4 is 10.6 Å². The highest BCUT2D eigenvalue weighted by Gasteiger charge is 2.15. The number of aromatic nitrogens is 3. The fraction of sp³-hybridized carbons (Fsp3) is 0.333. The van der Waals surface area contributed by atoms with Gasteiger partial charge < -0.3 is 15.6 Å². The summed E-state index contributed by atoms with van der Waals surface area (Å²) in [6, 6.07) is 12.2. The molecule has 6 heteroatoms. The van der Waals surface area contributed by atoms with Gasteiger partial charge in [0, 0.05) is 12.2 Å². The maximum atomic E-state index is 6.11. The largest absolute Gasteiger partial charge is 0.368 e. The van der Waals surface area contributed by atoms with Gasteiger partial charge in [-0.05, 0) is 55.1 Å². The zero-order valence-corrected chi connectivity index (χ0v) is 14.1. The fourth-order valence-electron chi connectivity index (χ4n) is 3.21. The molecule has 0 spiro atoms. The maximum Gasteiger partial charge on any atom is 0.225 e. The molecule has 0 atom stereocenters. The highest BCUT2D eigenvalue weighted by atomic mass is 35.5. The third kappa shape index (κ3) is 3.23. The molecule has 1 aromatic carbocycles. The molecular formula is C18H20ClN5. The Kier molecular flexibility index (Phi) is 4.36. The van der Waals surface area contributed by atoms with E-state index in [1.54, 1.807) is 0 Å². The summed E-state index contributed by atoms with van der Waals surface area (Å²) in [4.78, 5) is 12.2. The Bertz CT molecular complexity index is 824. The maximum absolute atomic E-state index is 6.11. The van der Waals surface area contributed by atoms with Crippen molar-refractivity contribution in [3.63, 3.8) is 0 Å². The van der Waals surface area contributed by atoms with Crippen molar-refractivity contribution >= 4 is 28.5 Å². The third-order valence-corrected chi connectivity index (χ3v) is 4.72. The molecule has 3 N–H and O–H groups in total. The summed E-state index contributed by atoms with van der Waals surface area (Å²) in [6.45, 7) is 3.09. The van der Waals surface area contributed by atoms with Gasteiger partial charge in [0.1, 0.15) is 5.52 Å². The zero-order chi connectivity index (χ0) is 16.4. The summed E-state index contributed by atoms with van der Waals surface area (Å²) >= 11 is 6.11. The quantitative estimate of drug-likeness (QED) is 0.633. The van der Waals surface area contributed by atoms with Gasteiger partial charge in [0.05, 0.1) is 5.52 Å². The summed E-state index contributed by atoms with van der Waals surface area (Å²) in [7, 11) is 0. The van der Waals surface area contributed by atoms with Crippen molar-refractivity contribution in [1.82, 2.24) is 20.3 Å². The van der Waals surface area contributed by atoms with Gasteiger partial charge in [-0.1, -0.05) is 30.3 Å². The average Bonchev–Trinajstić information content (AvgIpc) is 3.05. The first-order valence-corrected chi connectivity index (χ1v) is 8.73. The third-order valence-electron chi connectivity index (χ3n) is 4.55. The minimum atomic E-state index is 0.272. The first-order valence-electron chi connectivity index (χ1n) is 8.36. The number of piperidine rings is 1. The fourth-order valence-corrected chi connectivity index (χ4v) is 3.39. The Hall–Kier alpha value is -2.11. The monoisotopic (exact) mass is 341 g/mol. The lowest BCUT2D eigenvalue weighted by Crippen LogP contribution is -2.31. The summed E-state index contributed by atoms with van der Waals surface area (Å²) in [5.74, 6) is 1.45. The average molecular weight is 342 g/mol. The molecule has 0 unspecified atom stereocenters. The summed E-state index contributed by atoms with van der Waals surface area (Å²) in [6.07, 6.45) is 2.38. The first kappa shape index (κ1) is 15.4. The molecule has 24 heavy (non-hydrogen) atoms. The smallest absolute Gasteiger partial charge is 0.225 e. The predicted molar refractivity (Wildman–Crippen MR) is 98.4 cm³/mol. The molecule has 3 heterocycles. The second kappa shape index (κ2) is 6.79. The minimum Gasteiger partial charge on any atom is -0.368 e. The van der Waals surface area contributed by atoms with Gasteiger partial charge in [-0.25, -0.2) is 4.98 Å². The Morgan fingerprint density at radius 2 is 1.92 bits per heavy atom. The van der Waals surface area contributed by atoms with Crippen molar-refractivity contribution in [1.29, 1.82) is 0 Å². The van der Waals surface area contributed by atoms with Crippen molar-refractivity contribution in [2.24, 2.45) is 5.92 Å². The van der Waals surface area contributed by atoms with Crippen molar-refractivity contribution in [2.45, 2.75) is 12.8 Å². The van der Waals surface area contributed by atoms with E-state index in [4.69, 9.17) is 11.6 Å². The van der Waals surface area contributed by atoms with E-state index >= 15 is 0 Å². The number of benzene rings is 1. The van der Waals surface area contributed by atoms with Crippen LogP contribution in [0.2, 0.25) is 5.28 Å². The van der Waals surface area contributed by atoms with Crippen LogP contribution in [-0.4, -0.2) is 34.6 Å². The molecule has 0 radical (unpaired) electrons. The predicted octanol–water partition coefficient (Wildman–Crippen LogP) is 3.69. The molecule has 1 aliphatic heterocycles. The lowest BCUT2D eigenvalue weighted by molar-refractivity contribution is 0.389. The van der Waals surface area contributed by atoms with Gasteiger partial charge in [0.25, 0.3) is 0 Å².